The first-order valence-corrected chi connectivity index (χ1v) is 4.06. The Balaban J connectivity index is 2.81. The molecule has 0 unspecified atom stereocenters. The molecule has 1 rings (SSSR count). The van der Waals surface area contributed by atoms with Gasteiger partial charge in [-0.15, -0.1) is 0 Å². The predicted octanol–water partition coefficient (Wildman–Crippen LogP) is 2.50. The van der Waals surface area contributed by atoms with Crippen LogP contribution in [0.15, 0.2) is 36.6 Å². The lowest BCUT2D eigenvalue weighted by Gasteiger charge is -2.00. The minimum Gasteiger partial charge on any atom is -0.513 e. The highest BCUT2D eigenvalue weighted by Crippen LogP contribution is 2.07. The summed E-state index contributed by atoms with van der Waals surface area (Å²) in [7, 11) is 0. The first kappa shape index (κ1) is 9.52. The number of aliphatic hydroxyl groups is 1. The number of carbonyl (C=O) groups excluding carboxylic acids is 1. The summed E-state index contributed by atoms with van der Waals surface area (Å²) >= 11 is 0. The molecule has 1 aromatic rings. The second-order valence-electron chi connectivity index (χ2n) is 3.00. The summed E-state index contributed by atoms with van der Waals surface area (Å²) in [6, 6.07) is 7.14. The van der Waals surface area contributed by atoms with Crippen LogP contribution in [0.2, 0.25) is 0 Å². The number of hydrogen-bond acceptors (Lipinski definition) is 2. The van der Waals surface area contributed by atoms with E-state index >= 15 is 0 Å². The second-order valence-corrected chi connectivity index (χ2v) is 3.00. The number of carbonyl (C=O) groups is 1. The quantitative estimate of drug-likeness (QED) is 0.567. The molecule has 1 aromatic carbocycles. The van der Waals surface area contributed by atoms with E-state index in [0.717, 1.165) is 5.56 Å². The van der Waals surface area contributed by atoms with E-state index in [-0.39, 0.29) is 11.5 Å². The molecule has 0 aromatic heterocycles. The van der Waals surface area contributed by atoms with Gasteiger partial charge in [-0.2, -0.15) is 0 Å². The van der Waals surface area contributed by atoms with Gasteiger partial charge in [-0.1, -0.05) is 30.8 Å². The van der Waals surface area contributed by atoms with E-state index < -0.39 is 0 Å². The largest absolute Gasteiger partial charge is 0.513 e. The highest BCUT2D eigenvalue weighted by Gasteiger charge is 1.99. The fraction of sp³-hybridized carbons (Fsp3) is 0.182. The lowest BCUT2D eigenvalue weighted by molar-refractivity contribution is 0.101. The van der Waals surface area contributed by atoms with Gasteiger partial charge in [0, 0.05) is 12.0 Å². The molecular formula is C11H12O2. The van der Waals surface area contributed by atoms with Crippen LogP contribution < -0.4 is 0 Å². The molecule has 0 heterocycles. The van der Waals surface area contributed by atoms with Gasteiger partial charge in [-0.25, -0.2) is 0 Å². The fourth-order valence-corrected chi connectivity index (χ4v) is 1.09. The zero-order valence-electron chi connectivity index (χ0n) is 7.58. The average molecular weight is 176 g/mol. The summed E-state index contributed by atoms with van der Waals surface area (Å²) in [6.45, 7) is 4.92. The maximum atomic E-state index is 10.9. The Morgan fingerprint density at radius 1 is 1.38 bits per heavy atom. The molecule has 0 atom stereocenters. The summed E-state index contributed by atoms with van der Waals surface area (Å²) in [6.07, 6.45) is 0.443. The van der Waals surface area contributed by atoms with Crippen LogP contribution in [0.25, 0.3) is 0 Å². The number of hydrogen-bond donors (Lipinski definition) is 1. The highest BCUT2D eigenvalue weighted by molar-refractivity contribution is 5.93. The van der Waals surface area contributed by atoms with Crippen LogP contribution in [-0.2, 0) is 6.42 Å². The van der Waals surface area contributed by atoms with Gasteiger partial charge in [0.15, 0.2) is 5.78 Å². The van der Waals surface area contributed by atoms with Crippen LogP contribution in [0.3, 0.4) is 0 Å². The Kier molecular flexibility index (Phi) is 2.85. The average Bonchev–Trinajstić information content (AvgIpc) is 2.04. The van der Waals surface area contributed by atoms with Gasteiger partial charge in [0.05, 0.1) is 5.76 Å². The molecule has 0 bridgehead atoms. The number of ketones is 1. The summed E-state index contributed by atoms with van der Waals surface area (Å²) in [5.74, 6) is 0.185. The first-order chi connectivity index (χ1) is 6.09. The second kappa shape index (κ2) is 3.90. The van der Waals surface area contributed by atoms with E-state index in [2.05, 4.69) is 6.58 Å². The Morgan fingerprint density at radius 3 is 2.31 bits per heavy atom. The maximum absolute atomic E-state index is 10.9. The van der Waals surface area contributed by atoms with E-state index in [9.17, 15) is 4.79 Å². The van der Waals surface area contributed by atoms with Crippen molar-refractivity contribution >= 4 is 5.78 Å². The molecule has 1 N–H and O–H groups in total. The van der Waals surface area contributed by atoms with E-state index in [1.54, 1.807) is 12.1 Å². The Labute approximate surface area is 77.5 Å². The number of aliphatic hydroxyl groups excluding tert-OH is 1. The molecule has 68 valence electrons. The number of rotatable bonds is 3. The van der Waals surface area contributed by atoms with Crippen molar-refractivity contribution in [1.29, 1.82) is 0 Å². The minimum atomic E-state index is 0.0503. The molecule has 0 saturated heterocycles. The summed E-state index contributed by atoms with van der Waals surface area (Å²) in [5, 5.41) is 8.92. The molecule has 2 heteroatoms. The standard InChI is InChI=1S/C11H12O2/c1-8(12)7-10-3-5-11(6-4-10)9(2)13/h3-6,12H,1,7H2,2H3. The van der Waals surface area contributed by atoms with Crippen LogP contribution >= 0.6 is 0 Å². The van der Waals surface area contributed by atoms with E-state index in [4.69, 9.17) is 5.11 Å². The summed E-state index contributed by atoms with van der Waals surface area (Å²) < 4.78 is 0. The topological polar surface area (TPSA) is 37.3 Å². The molecule has 0 aliphatic carbocycles. The van der Waals surface area contributed by atoms with Crippen LogP contribution in [0, 0.1) is 0 Å². The number of benzene rings is 1. The van der Waals surface area contributed by atoms with Crippen molar-refractivity contribution in [2.45, 2.75) is 13.3 Å². The van der Waals surface area contributed by atoms with Crippen molar-refractivity contribution < 1.29 is 9.90 Å². The predicted molar refractivity (Wildman–Crippen MR) is 51.9 cm³/mol. The van der Waals surface area contributed by atoms with Crippen molar-refractivity contribution in [2.75, 3.05) is 0 Å². The van der Waals surface area contributed by atoms with Crippen LogP contribution in [-0.4, -0.2) is 10.9 Å². The molecule has 0 aliphatic rings. The molecule has 0 aliphatic heterocycles. The van der Waals surface area contributed by atoms with Crippen molar-refractivity contribution in [1.82, 2.24) is 0 Å². The molecule has 0 radical (unpaired) electrons. The molecular weight excluding hydrogens is 164 g/mol. The lowest BCUT2D eigenvalue weighted by Crippen LogP contribution is -1.93. The Hall–Kier alpha value is -1.57. The number of allylic oxidation sites excluding steroid dienone is 1. The first-order valence-electron chi connectivity index (χ1n) is 4.06. The van der Waals surface area contributed by atoms with Gasteiger partial charge in [0.25, 0.3) is 0 Å². The van der Waals surface area contributed by atoms with Crippen LogP contribution in [0.1, 0.15) is 22.8 Å². The molecule has 13 heavy (non-hydrogen) atoms. The van der Waals surface area contributed by atoms with Gasteiger partial charge >= 0.3 is 0 Å². The van der Waals surface area contributed by atoms with Gasteiger partial charge in [0.1, 0.15) is 0 Å². The SMILES string of the molecule is C=C(O)Cc1ccc(C(C)=O)cc1. The monoisotopic (exact) mass is 176 g/mol. The molecule has 0 saturated carbocycles. The smallest absolute Gasteiger partial charge is 0.159 e. The Bertz CT molecular complexity index is 322. The van der Waals surface area contributed by atoms with Gasteiger partial charge in [0.2, 0.25) is 0 Å². The van der Waals surface area contributed by atoms with Crippen LogP contribution in [0.4, 0.5) is 0 Å². The van der Waals surface area contributed by atoms with Crippen LogP contribution in [0.5, 0.6) is 0 Å². The van der Waals surface area contributed by atoms with Crippen molar-refractivity contribution in [3.8, 4) is 0 Å². The van der Waals surface area contributed by atoms with Gasteiger partial charge in [-0.05, 0) is 12.5 Å². The third-order valence-corrected chi connectivity index (χ3v) is 1.77. The van der Waals surface area contributed by atoms with Crippen molar-refractivity contribution in [2.24, 2.45) is 0 Å². The lowest BCUT2D eigenvalue weighted by atomic mass is 10.1. The molecule has 0 amide bonds. The summed E-state index contributed by atoms with van der Waals surface area (Å²) in [5.41, 5.74) is 1.64. The van der Waals surface area contributed by atoms with Gasteiger partial charge < -0.3 is 5.11 Å². The molecule has 0 spiro atoms. The molecule has 0 fully saturated rings. The Morgan fingerprint density at radius 2 is 1.92 bits per heavy atom. The van der Waals surface area contributed by atoms with Crippen molar-refractivity contribution in [3.63, 3.8) is 0 Å². The fourth-order valence-electron chi connectivity index (χ4n) is 1.09. The molecule has 2 nitrogen and oxygen atoms in total. The van der Waals surface area contributed by atoms with Gasteiger partial charge in [-0.3, -0.25) is 4.79 Å². The third-order valence-electron chi connectivity index (χ3n) is 1.77. The maximum Gasteiger partial charge on any atom is 0.159 e. The normalized spacial score (nSPS) is 9.62. The third kappa shape index (κ3) is 2.75. The van der Waals surface area contributed by atoms with E-state index in [1.807, 2.05) is 12.1 Å². The zero-order valence-corrected chi connectivity index (χ0v) is 7.58. The number of Topliss-reactive ketones (excluding diaryl/α,β-unsaturated/α-hetero) is 1. The van der Waals surface area contributed by atoms with E-state index in [1.165, 1.54) is 6.92 Å². The summed E-state index contributed by atoms with van der Waals surface area (Å²) in [4.78, 5) is 10.9. The minimum absolute atomic E-state index is 0.0503. The highest BCUT2D eigenvalue weighted by atomic mass is 16.3. The van der Waals surface area contributed by atoms with Crippen molar-refractivity contribution in [3.05, 3.63) is 47.7 Å². The van der Waals surface area contributed by atoms with E-state index in [0.29, 0.717) is 12.0 Å². The zero-order chi connectivity index (χ0) is 9.84.